The Morgan fingerprint density at radius 1 is 1.38 bits per heavy atom. The summed E-state index contributed by atoms with van der Waals surface area (Å²) >= 11 is 17.9. The van der Waals surface area contributed by atoms with Crippen molar-refractivity contribution in [2.24, 2.45) is 0 Å². The van der Waals surface area contributed by atoms with Gasteiger partial charge < -0.3 is 14.6 Å². The molecule has 1 aromatic carbocycles. The fraction of sp³-hybridized carbons (Fsp3) is 0.385. The lowest BCUT2D eigenvalue weighted by Crippen LogP contribution is -2.30. The van der Waals surface area contributed by atoms with Crippen LogP contribution < -0.4 is 5.32 Å². The fourth-order valence-corrected chi connectivity index (χ4v) is 2.46. The van der Waals surface area contributed by atoms with Gasteiger partial charge in [0.15, 0.2) is 0 Å². The van der Waals surface area contributed by atoms with Gasteiger partial charge in [0.25, 0.3) is 0 Å². The topological polar surface area (TPSA) is 56.1 Å². The third-order valence-electron chi connectivity index (χ3n) is 2.92. The van der Waals surface area contributed by atoms with Gasteiger partial charge >= 0.3 is 0 Å². The molecule has 0 bridgehead atoms. The first-order valence-electron chi connectivity index (χ1n) is 6.22. The van der Waals surface area contributed by atoms with Crippen LogP contribution >= 0.6 is 34.8 Å². The first-order valence-corrected chi connectivity index (χ1v) is 7.51. The molecule has 2 aromatic rings. The van der Waals surface area contributed by atoms with E-state index in [1.807, 2.05) is 0 Å². The number of benzene rings is 1. The number of imidazole rings is 1. The van der Waals surface area contributed by atoms with E-state index in [0.29, 0.717) is 34.5 Å². The van der Waals surface area contributed by atoms with Crippen molar-refractivity contribution in [2.45, 2.75) is 12.4 Å². The Balaban J connectivity index is 2.29. The molecule has 0 spiro atoms. The molecule has 1 amide bonds. The summed E-state index contributed by atoms with van der Waals surface area (Å²) in [6, 6.07) is 3.35. The van der Waals surface area contributed by atoms with Gasteiger partial charge in [0, 0.05) is 13.7 Å². The Morgan fingerprint density at radius 2 is 2.10 bits per heavy atom. The van der Waals surface area contributed by atoms with E-state index >= 15 is 0 Å². The summed E-state index contributed by atoms with van der Waals surface area (Å²) in [6.45, 7) is 1.02. The molecule has 5 nitrogen and oxygen atoms in total. The minimum Gasteiger partial charge on any atom is -0.383 e. The van der Waals surface area contributed by atoms with Crippen LogP contribution in [0.3, 0.4) is 0 Å². The molecule has 0 saturated carbocycles. The Labute approximate surface area is 137 Å². The number of fused-ring (bicyclic) bond motifs is 1. The van der Waals surface area contributed by atoms with E-state index in [-0.39, 0.29) is 18.3 Å². The van der Waals surface area contributed by atoms with Crippen molar-refractivity contribution in [3.8, 4) is 0 Å². The van der Waals surface area contributed by atoms with E-state index in [9.17, 15) is 4.79 Å². The third kappa shape index (κ3) is 3.80. The SMILES string of the molecule is COCCNC(=O)Cn1c(CCl)nc2cc(Cl)c(Cl)cc21. The number of hydrogen-bond donors (Lipinski definition) is 1. The molecule has 0 aliphatic heterocycles. The van der Waals surface area contributed by atoms with Gasteiger partial charge in [-0.05, 0) is 12.1 Å². The number of rotatable bonds is 6. The van der Waals surface area contributed by atoms with E-state index in [1.54, 1.807) is 23.8 Å². The monoisotopic (exact) mass is 349 g/mol. The lowest BCUT2D eigenvalue weighted by Gasteiger charge is -2.09. The van der Waals surface area contributed by atoms with Crippen molar-refractivity contribution in [2.75, 3.05) is 20.3 Å². The van der Waals surface area contributed by atoms with Crippen LogP contribution in [0.4, 0.5) is 0 Å². The number of methoxy groups -OCH3 is 1. The summed E-state index contributed by atoms with van der Waals surface area (Å²) in [6.07, 6.45) is 0. The zero-order valence-electron chi connectivity index (χ0n) is 11.3. The van der Waals surface area contributed by atoms with Gasteiger partial charge in [0.05, 0.1) is 33.6 Å². The second-order valence-corrected chi connectivity index (χ2v) is 5.43. The highest BCUT2D eigenvalue weighted by Crippen LogP contribution is 2.28. The second kappa shape index (κ2) is 7.31. The van der Waals surface area contributed by atoms with E-state index in [1.165, 1.54) is 0 Å². The van der Waals surface area contributed by atoms with Crippen LogP contribution in [0.1, 0.15) is 5.82 Å². The van der Waals surface area contributed by atoms with Crippen LogP contribution in [0.25, 0.3) is 11.0 Å². The number of hydrogen-bond acceptors (Lipinski definition) is 3. The van der Waals surface area contributed by atoms with Crippen molar-refractivity contribution < 1.29 is 9.53 Å². The van der Waals surface area contributed by atoms with Crippen molar-refractivity contribution in [3.05, 3.63) is 28.0 Å². The maximum Gasteiger partial charge on any atom is 0.240 e. The van der Waals surface area contributed by atoms with E-state index in [2.05, 4.69) is 10.3 Å². The molecule has 1 aromatic heterocycles. The lowest BCUT2D eigenvalue weighted by atomic mass is 10.3. The Morgan fingerprint density at radius 3 is 2.76 bits per heavy atom. The van der Waals surface area contributed by atoms with Gasteiger partial charge in [0.2, 0.25) is 5.91 Å². The summed E-state index contributed by atoms with van der Waals surface area (Å²) in [5, 5.41) is 3.57. The standard InChI is InChI=1S/C13H14Cl3N3O2/c1-21-3-2-17-13(20)7-19-11-5-9(16)8(15)4-10(11)18-12(19)6-14/h4-5H,2-3,6-7H2,1H3,(H,17,20). The molecule has 0 atom stereocenters. The molecular weight excluding hydrogens is 337 g/mol. The number of nitrogens with one attached hydrogen (secondary N) is 1. The molecule has 0 unspecified atom stereocenters. The van der Waals surface area contributed by atoms with Crippen molar-refractivity contribution in [1.82, 2.24) is 14.9 Å². The molecular formula is C13H14Cl3N3O2. The average Bonchev–Trinajstić information content (AvgIpc) is 2.77. The number of halogens is 3. The highest BCUT2D eigenvalue weighted by Gasteiger charge is 2.14. The minimum atomic E-state index is -0.149. The van der Waals surface area contributed by atoms with E-state index in [4.69, 9.17) is 39.5 Å². The predicted molar refractivity (Wildman–Crippen MR) is 84.2 cm³/mol. The molecule has 0 fully saturated rings. The molecule has 1 N–H and O–H groups in total. The number of amides is 1. The zero-order valence-corrected chi connectivity index (χ0v) is 13.6. The number of ether oxygens (including phenoxy) is 1. The van der Waals surface area contributed by atoms with Gasteiger partial charge in [-0.25, -0.2) is 4.98 Å². The van der Waals surface area contributed by atoms with Crippen molar-refractivity contribution in [3.63, 3.8) is 0 Å². The van der Waals surface area contributed by atoms with Crippen LogP contribution in [0.2, 0.25) is 10.0 Å². The number of alkyl halides is 1. The smallest absolute Gasteiger partial charge is 0.240 e. The molecule has 0 radical (unpaired) electrons. The Kier molecular flexibility index (Phi) is 5.70. The average molecular weight is 351 g/mol. The Hall–Kier alpha value is -1.01. The Bertz CT molecular complexity index is 658. The first-order chi connectivity index (χ1) is 10.1. The van der Waals surface area contributed by atoms with Gasteiger partial charge in [-0.1, -0.05) is 23.2 Å². The van der Waals surface area contributed by atoms with Gasteiger partial charge in [-0.2, -0.15) is 0 Å². The van der Waals surface area contributed by atoms with Crippen LogP contribution in [0, 0.1) is 0 Å². The molecule has 0 aliphatic carbocycles. The van der Waals surface area contributed by atoms with Crippen LogP contribution in [0.15, 0.2) is 12.1 Å². The lowest BCUT2D eigenvalue weighted by molar-refractivity contribution is -0.121. The van der Waals surface area contributed by atoms with Crippen molar-refractivity contribution in [1.29, 1.82) is 0 Å². The predicted octanol–water partition coefficient (Wildman–Crippen LogP) is 2.84. The van der Waals surface area contributed by atoms with Gasteiger partial charge in [-0.15, -0.1) is 11.6 Å². The summed E-state index contributed by atoms with van der Waals surface area (Å²) in [5.41, 5.74) is 1.38. The normalized spacial score (nSPS) is 11.0. The fourth-order valence-electron chi connectivity index (χ4n) is 1.94. The quantitative estimate of drug-likeness (QED) is 0.644. The molecule has 21 heavy (non-hydrogen) atoms. The second-order valence-electron chi connectivity index (χ2n) is 4.35. The maximum absolute atomic E-state index is 11.9. The zero-order chi connectivity index (χ0) is 15.4. The third-order valence-corrected chi connectivity index (χ3v) is 3.88. The maximum atomic E-state index is 11.9. The summed E-state index contributed by atoms with van der Waals surface area (Å²) < 4.78 is 6.61. The summed E-state index contributed by atoms with van der Waals surface area (Å²) in [4.78, 5) is 16.3. The first kappa shape index (κ1) is 16.4. The van der Waals surface area contributed by atoms with Crippen LogP contribution in [-0.4, -0.2) is 35.7 Å². The van der Waals surface area contributed by atoms with Crippen LogP contribution in [-0.2, 0) is 22.0 Å². The molecule has 8 heteroatoms. The molecule has 0 aliphatic rings. The number of carbonyl (C=O) groups is 1. The number of carbonyl (C=O) groups excluding carboxylic acids is 1. The summed E-state index contributed by atoms with van der Waals surface area (Å²) in [7, 11) is 1.58. The van der Waals surface area contributed by atoms with Crippen LogP contribution in [0.5, 0.6) is 0 Å². The van der Waals surface area contributed by atoms with Gasteiger partial charge in [0.1, 0.15) is 12.4 Å². The highest BCUT2D eigenvalue weighted by atomic mass is 35.5. The molecule has 1 heterocycles. The van der Waals surface area contributed by atoms with E-state index in [0.717, 1.165) is 5.52 Å². The largest absolute Gasteiger partial charge is 0.383 e. The van der Waals surface area contributed by atoms with E-state index < -0.39 is 0 Å². The van der Waals surface area contributed by atoms with Crippen molar-refractivity contribution >= 4 is 51.7 Å². The minimum absolute atomic E-state index is 0.111. The highest BCUT2D eigenvalue weighted by molar-refractivity contribution is 6.42. The van der Waals surface area contributed by atoms with Gasteiger partial charge in [-0.3, -0.25) is 4.79 Å². The molecule has 114 valence electrons. The molecule has 0 saturated heterocycles. The molecule has 2 rings (SSSR count). The number of nitrogens with zero attached hydrogens (tertiary/aromatic N) is 2. The number of aromatic nitrogens is 2. The summed E-state index contributed by atoms with van der Waals surface area (Å²) in [5.74, 6) is 0.630.